The SMILES string of the molecule is c1ccc(CC(CCN2CCCCC2)Oc2ccccc2)cc1. The van der Waals surface area contributed by atoms with Crippen LogP contribution in [0.1, 0.15) is 31.2 Å². The summed E-state index contributed by atoms with van der Waals surface area (Å²) in [4.78, 5) is 2.59. The molecule has 0 radical (unpaired) electrons. The Bertz CT molecular complexity index is 507. The van der Waals surface area contributed by atoms with E-state index in [0.717, 1.165) is 25.1 Å². The Labute approximate surface area is 140 Å². The van der Waals surface area contributed by atoms with Crippen molar-refractivity contribution < 1.29 is 4.74 Å². The van der Waals surface area contributed by atoms with Crippen molar-refractivity contribution in [3.63, 3.8) is 0 Å². The number of hydrogen-bond donors (Lipinski definition) is 0. The summed E-state index contributed by atoms with van der Waals surface area (Å²) in [7, 11) is 0. The molecule has 0 saturated carbocycles. The Morgan fingerprint density at radius 1 is 0.826 bits per heavy atom. The van der Waals surface area contributed by atoms with Gasteiger partial charge in [0.15, 0.2) is 0 Å². The second-order valence-corrected chi connectivity index (χ2v) is 6.43. The molecule has 0 amide bonds. The fourth-order valence-corrected chi connectivity index (χ4v) is 3.28. The molecule has 2 aromatic carbocycles. The molecule has 1 aliphatic rings. The molecule has 1 unspecified atom stereocenters. The first-order valence-electron chi connectivity index (χ1n) is 8.88. The van der Waals surface area contributed by atoms with Crippen LogP contribution in [0.15, 0.2) is 60.7 Å². The molecule has 2 aromatic rings. The number of piperidine rings is 1. The third-order valence-corrected chi connectivity index (χ3v) is 4.57. The van der Waals surface area contributed by atoms with E-state index in [4.69, 9.17) is 4.74 Å². The minimum atomic E-state index is 0.238. The summed E-state index contributed by atoms with van der Waals surface area (Å²) >= 11 is 0. The summed E-state index contributed by atoms with van der Waals surface area (Å²) in [6, 6.07) is 20.9. The maximum absolute atomic E-state index is 6.28. The van der Waals surface area contributed by atoms with Gasteiger partial charge in [-0.2, -0.15) is 0 Å². The van der Waals surface area contributed by atoms with Gasteiger partial charge in [0.05, 0.1) is 0 Å². The van der Waals surface area contributed by atoms with E-state index in [9.17, 15) is 0 Å². The lowest BCUT2D eigenvalue weighted by molar-refractivity contribution is 0.151. The lowest BCUT2D eigenvalue weighted by Gasteiger charge is -2.28. The number of benzene rings is 2. The molecule has 1 fully saturated rings. The van der Waals surface area contributed by atoms with Crippen LogP contribution in [0.2, 0.25) is 0 Å². The summed E-state index contributed by atoms with van der Waals surface area (Å²) in [6.45, 7) is 3.65. The zero-order valence-electron chi connectivity index (χ0n) is 13.9. The van der Waals surface area contributed by atoms with Gasteiger partial charge in [-0.1, -0.05) is 55.0 Å². The van der Waals surface area contributed by atoms with E-state index >= 15 is 0 Å². The second-order valence-electron chi connectivity index (χ2n) is 6.43. The van der Waals surface area contributed by atoms with E-state index in [0.29, 0.717) is 0 Å². The number of nitrogens with zero attached hydrogens (tertiary/aromatic N) is 1. The van der Waals surface area contributed by atoms with Crippen molar-refractivity contribution in [1.82, 2.24) is 4.90 Å². The molecule has 0 N–H and O–H groups in total. The molecule has 2 nitrogen and oxygen atoms in total. The van der Waals surface area contributed by atoms with Crippen molar-refractivity contribution in [2.24, 2.45) is 0 Å². The van der Waals surface area contributed by atoms with E-state index in [1.165, 1.54) is 37.9 Å². The largest absolute Gasteiger partial charge is 0.490 e. The van der Waals surface area contributed by atoms with Gasteiger partial charge < -0.3 is 9.64 Å². The zero-order chi connectivity index (χ0) is 15.7. The third-order valence-electron chi connectivity index (χ3n) is 4.57. The van der Waals surface area contributed by atoms with Gasteiger partial charge in [0, 0.05) is 13.0 Å². The maximum atomic E-state index is 6.28. The Morgan fingerprint density at radius 3 is 2.17 bits per heavy atom. The minimum Gasteiger partial charge on any atom is -0.490 e. The van der Waals surface area contributed by atoms with Gasteiger partial charge in [-0.3, -0.25) is 0 Å². The van der Waals surface area contributed by atoms with Crippen molar-refractivity contribution in [3.05, 3.63) is 66.2 Å². The Kier molecular flexibility index (Phi) is 6.10. The van der Waals surface area contributed by atoms with E-state index in [1.54, 1.807) is 0 Å². The summed E-state index contributed by atoms with van der Waals surface area (Å²) < 4.78 is 6.28. The van der Waals surface area contributed by atoms with Crippen LogP contribution in [-0.4, -0.2) is 30.6 Å². The zero-order valence-corrected chi connectivity index (χ0v) is 13.9. The Hall–Kier alpha value is -1.80. The van der Waals surface area contributed by atoms with Crippen LogP contribution >= 0.6 is 0 Å². The van der Waals surface area contributed by atoms with Crippen molar-refractivity contribution in [1.29, 1.82) is 0 Å². The fraction of sp³-hybridized carbons (Fsp3) is 0.429. The van der Waals surface area contributed by atoms with Gasteiger partial charge in [-0.05, 0) is 50.0 Å². The van der Waals surface area contributed by atoms with E-state index in [2.05, 4.69) is 47.4 Å². The van der Waals surface area contributed by atoms with Gasteiger partial charge in [0.2, 0.25) is 0 Å². The second kappa shape index (κ2) is 8.73. The number of ether oxygens (including phenoxy) is 1. The summed E-state index contributed by atoms with van der Waals surface area (Å²) in [5.74, 6) is 0.979. The molecule has 2 heteroatoms. The number of hydrogen-bond acceptors (Lipinski definition) is 2. The van der Waals surface area contributed by atoms with E-state index in [-0.39, 0.29) is 6.10 Å². The highest BCUT2D eigenvalue weighted by Gasteiger charge is 2.16. The van der Waals surface area contributed by atoms with Crippen molar-refractivity contribution in [2.75, 3.05) is 19.6 Å². The van der Waals surface area contributed by atoms with Gasteiger partial charge in [0.1, 0.15) is 11.9 Å². The maximum Gasteiger partial charge on any atom is 0.119 e. The molecule has 1 heterocycles. The summed E-state index contributed by atoms with van der Waals surface area (Å²) in [5.41, 5.74) is 1.35. The first-order chi connectivity index (χ1) is 11.4. The van der Waals surface area contributed by atoms with Crippen LogP contribution in [0.4, 0.5) is 0 Å². The number of rotatable bonds is 7. The highest BCUT2D eigenvalue weighted by atomic mass is 16.5. The molecule has 23 heavy (non-hydrogen) atoms. The highest BCUT2D eigenvalue weighted by molar-refractivity contribution is 5.22. The molecule has 0 aliphatic carbocycles. The van der Waals surface area contributed by atoms with Crippen LogP contribution in [0, 0.1) is 0 Å². The van der Waals surface area contributed by atoms with Crippen molar-refractivity contribution in [3.8, 4) is 5.75 Å². The van der Waals surface area contributed by atoms with Crippen LogP contribution < -0.4 is 4.74 Å². The Morgan fingerprint density at radius 2 is 1.48 bits per heavy atom. The summed E-state index contributed by atoms with van der Waals surface area (Å²) in [6.07, 6.45) is 6.39. The van der Waals surface area contributed by atoms with Crippen LogP contribution in [-0.2, 0) is 6.42 Å². The summed E-state index contributed by atoms with van der Waals surface area (Å²) in [5, 5.41) is 0. The molecule has 1 saturated heterocycles. The molecule has 122 valence electrons. The molecule has 1 atom stereocenters. The standard InChI is InChI=1S/C21H27NO/c1-4-10-19(11-5-1)18-21(23-20-12-6-2-7-13-20)14-17-22-15-8-3-9-16-22/h1-2,4-7,10-13,21H,3,8-9,14-18H2. The fourth-order valence-electron chi connectivity index (χ4n) is 3.28. The number of para-hydroxylation sites is 1. The quantitative estimate of drug-likeness (QED) is 0.744. The Balaban J connectivity index is 1.60. The highest BCUT2D eigenvalue weighted by Crippen LogP contribution is 2.17. The van der Waals surface area contributed by atoms with E-state index in [1.807, 2.05) is 18.2 Å². The average molecular weight is 309 g/mol. The van der Waals surface area contributed by atoms with Crippen LogP contribution in [0.25, 0.3) is 0 Å². The van der Waals surface area contributed by atoms with Gasteiger partial charge in [-0.15, -0.1) is 0 Å². The first-order valence-corrected chi connectivity index (χ1v) is 8.88. The molecule has 0 bridgehead atoms. The predicted molar refractivity (Wildman–Crippen MR) is 95.9 cm³/mol. The lowest BCUT2D eigenvalue weighted by Crippen LogP contribution is -2.34. The first kappa shape index (κ1) is 16.1. The third kappa shape index (κ3) is 5.40. The monoisotopic (exact) mass is 309 g/mol. The predicted octanol–water partition coefficient (Wildman–Crippen LogP) is 4.55. The number of likely N-dealkylation sites (tertiary alicyclic amines) is 1. The molecule has 0 aromatic heterocycles. The molecule has 0 spiro atoms. The van der Waals surface area contributed by atoms with Gasteiger partial charge in [-0.25, -0.2) is 0 Å². The smallest absolute Gasteiger partial charge is 0.119 e. The molecular formula is C21H27NO. The lowest BCUT2D eigenvalue weighted by atomic mass is 10.0. The minimum absolute atomic E-state index is 0.238. The van der Waals surface area contributed by atoms with Crippen LogP contribution in [0.3, 0.4) is 0 Å². The van der Waals surface area contributed by atoms with Crippen molar-refractivity contribution in [2.45, 2.75) is 38.2 Å². The normalized spacial score (nSPS) is 16.9. The molecular weight excluding hydrogens is 282 g/mol. The molecule has 1 aliphatic heterocycles. The van der Waals surface area contributed by atoms with Crippen molar-refractivity contribution >= 4 is 0 Å². The van der Waals surface area contributed by atoms with E-state index < -0.39 is 0 Å². The average Bonchev–Trinajstić information content (AvgIpc) is 2.62. The van der Waals surface area contributed by atoms with Crippen LogP contribution in [0.5, 0.6) is 5.75 Å². The molecule has 3 rings (SSSR count). The topological polar surface area (TPSA) is 12.5 Å². The van der Waals surface area contributed by atoms with Gasteiger partial charge in [0.25, 0.3) is 0 Å². The van der Waals surface area contributed by atoms with Gasteiger partial charge >= 0.3 is 0 Å².